The molecule has 2 rings (SSSR count). The summed E-state index contributed by atoms with van der Waals surface area (Å²) in [5.41, 5.74) is 0.700. The van der Waals surface area contributed by atoms with Crippen molar-refractivity contribution in [3.05, 3.63) is 65.5 Å². The second-order valence-electron chi connectivity index (χ2n) is 4.51. The molecule has 0 bridgehead atoms. The summed E-state index contributed by atoms with van der Waals surface area (Å²) in [4.78, 5) is 11.7. The molecule has 2 aromatic rings. The van der Waals surface area contributed by atoms with Gasteiger partial charge in [0.05, 0.1) is 12.2 Å². The third kappa shape index (κ3) is 4.68. The van der Waals surface area contributed by atoms with E-state index in [4.69, 9.17) is 14.7 Å². The van der Waals surface area contributed by atoms with E-state index in [1.807, 2.05) is 6.92 Å². The number of carbonyl (C=O) groups is 1. The molecular formula is C18H14FNO3. The highest BCUT2D eigenvalue weighted by Crippen LogP contribution is 2.17. The third-order valence-corrected chi connectivity index (χ3v) is 2.88. The number of esters is 1. The Morgan fingerprint density at radius 2 is 1.91 bits per heavy atom. The number of nitriles is 1. The maximum atomic E-state index is 13.4. The normalized spacial score (nSPS) is 10.3. The van der Waals surface area contributed by atoms with Crippen molar-refractivity contribution >= 4 is 12.0 Å². The number of nitrogens with zero attached hydrogens (tertiary/aromatic N) is 1. The molecule has 0 aliphatic heterocycles. The number of carbonyl (C=O) groups excluding carboxylic acids is 1. The molecule has 0 fully saturated rings. The molecule has 0 radical (unpaired) electrons. The smallest absolute Gasteiger partial charge is 0.336 e. The van der Waals surface area contributed by atoms with Gasteiger partial charge in [-0.25, -0.2) is 9.18 Å². The number of halogens is 1. The first kappa shape index (κ1) is 16.2. The van der Waals surface area contributed by atoms with Gasteiger partial charge < -0.3 is 9.47 Å². The molecule has 0 saturated carbocycles. The van der Waals surface area contributed by atoms with Crippen molar-refractivity contribution < 1.29 is 18.7 Å². The van der Waals surface area contributed by atoms with Crippen molar-refractivity contribution in [2.45, 2.75) is 6.92 Å². The van der Waals surface area contributed by atoms with Gasteiger partial charge in [-0.05, 0) is 42.8 Å². The van der Waals surface area contributed by atoms with Crippen molar-refractivity contribution in [3.63, 3.8) is 0 Å². The van der Waals surface area contributed by atoms with E-state index in [-0.39, 0.29) is 11.3 Å². The van der Waals surface area contributed by atoms with Crippen LogP contribution in [0, 0.1) is 17.1 Å². The van der Waals surface area contributed by atoms with E-state index in [1.165, 1.54) is 18.2 Å². The zero-order valence-corrected chi connectivity index (χ0v) is 12.5. The molecule has 0 aliphatic carbocycles. The predicted molar refractivity (Wildman–Crippen MR) is 83.4 cm³/mol. The van der Waals surface area contributed by atoms with Crippen LogP contribution in [-0.4, -0.2) is 12.6 Å². The first-order chi connectivity index (χ1) is 11.1. The molecule has 0 heterocycles. The van der Waals surface area contributed by atoms with Crippen LogP contribution >= 0.6 is 0 Å². The van der Waals surface area contributed by atoms with Gasteiger partial charge in [0.2, 0.25) is 0 Å². The summed E-state index contributed by atoms with van der Waals surface area (Å²) < 4.78 is 23.7. The highest BCUT2D eigenvalue weighted by molar-refractivity contribution is 5.88. The van der Waals surface area contributed by atoms with Gasteiger partial charge in [0, 0.05) is 12.1 Å². The monoisotopic (exact) mass is 311 g/mol. The van der Waals surface area contributed by atoms with Crippen LogP contribution in [0.15, 0.2) is 48.5 Å². The molecule has 23 heavy (non-hydrogen) atoms. The van der Waals surface area contributed by atoms with E-state index in [0.717, 1.165) is 17.4 Å². The van der Waals surface area contributed by atoms with E-state index >= 15 is 0 Å². The number of ether oxygens (including phenoxy) is 2. The average molecular weight is 311 g/mol. The quantitative estimate of drug-likeness (QED) is 0.480. The van der Waals surface area contributed by atoms with Crippen LogP contribution in [-0.2, 0) is 4.79 Å². The lowest BCUT2D eigenvalue weighted by molar-refractivity contribution is -0.128. The summed E-state index contributed by atoms with van der Waals surface area (Å²) in [5.74, 6) is -0.570. The molecule has 0 N–H and O–H groups in total. The van der Waals surface area contributed by atoms with Crippen LogP contribution in [0.1, 0.15) is 18.1 Å². The minimum absolute atomic E-state index is 0.0443. The Morgan fingerprint density at radius 1 is 1.22 bits per heavy atom. The van der Waals surface area contributed by atoms with Gasteiger partial charge in [-0.2, -0.15) is 5.26 Å². The second kappa shape index (κ2) is 7.76. The molecular weight excluding hydrogens is 297 g/mol. The van der Waals surface area contributed by atoms with Gasteiger partial charge in [-0.1, -0.05) is 12.1 Å². The van der Waals surface area contributed by atoms with Crippen LogP contribution < -0.4 is 9.47 Å². The largest absolute Gasteiger partial charge is 0.494 e. The molecule has 116 valence electrons. The summed E-state index contributed by atoms with van der Waals surface area (Å²) >= 11 is 0. The zero-order chi connectivity index (χ0) is 16.7. The second-order valence-corrected chi connectivity index (χ2v) is 4.51. The average Bonchev–Trinajstić information content (AvgIpc) is 2.55. The zero-order valence-electron chi connectivity index (χ0n) is 12.5. The van der Waals surface area contributed by atoms with E-state index in [1.54, 1.807) is 36.4 Å². The van der Waals surface area contributed by atoms with Crippen LogP contribution in [0.25, 0.3) is 6.08 Å². The van der Waals surface area contributed by atoms with Crippen LogP contribution in [0.4, 0.5) is 4.39 Å². The van der Waals surface area contributed by atoms with E-state index in [9.17, 15) is 9.18 Å². The van der Waals surface area contributed by atoms with Crippen LogP contribution in [0.3, 0.4) is 0 Å². The Labute approximate surface area is 133 Å². The molecule has 0 atom stereocenters. The number of benzene rings is 2. The first-order valence-electron chi connectivity index (χ1n) is 6.94. The van der Waals surface area contributed by atoms with E-state index in [0.29, 0.717) is 6.61 Å². The summed E-state index contributed by atoms with van der Waals surface area (Å²) in [6, 6.07) is 12.5. The fraction of sp³-hybridized carbons (Fsp3) is 0.111. The maximum Gasteiger partial charge on any atom is 0.336 e. The Balaban J connectivity index is 1.98. The number of hydrogen-bond donors (Lipinski definition) is 0. The summed E-state index contributed by atoms with van der Waals surface area (Å²) in [6.45, 7) is 2.48. The van der Waals surface area contributed by atoms with Gasteiger partial charge in [0.1, 0.15) is 23.4 Å². The van der Waals surface area contributed by atoms with Crippen LogP contribution in [0.2, 0.25) is 0 Å². The molecule has 0 saturated heterocycles. The van der Waals surface area contributed by atoms with Crippen LogP contribution in [0.5, 0.6) is 11.5 Å². The summed E-state index contributed by atoms with van der Waals surface area (Å²) in [7, 11) is 0. The SMILES string of the molecule is CCOc1ccc(/C=C/C(=O)Oc2ccc(C#N)c(F)c2)cc1. The van der Waals surface area contributed by atoms with Crippen molar-refractivity contribution in [1.82, 2.24) is 0 Å². The fourth-order valence-corrected chi connectivity index (χ4v) is 1.81. The topological polar surface area (TPSA) is 59.3 Å². The minimum atomic E-state index is -0.728. The molecule has 0 aromatic heterocycles. The standard InChI is InChI=1S/C18H14FNO3/c1-2-22-15-7-3-13(4-8-15)5-10-18(21)23-16-9-6-14(12-20)17(19)11-16/h3-11H,2H2,1H3/b10-5+. The number of hydrogen-bond acceptors (Lipinski definition) is 4. The van der Waals surface area contributed by atoms with E-state index < -0.39 is 11.8 Å². The predicted octanol–water partition coefficient (Wildman–Crippen LogP) is 3.71. The molecule has 5 heteroatoms. The molecule has 0 aliphatic rings. The highest BCUT2D eigenvalue weighted by Gasteiger charge is 2.06. The molecule has 2 aromatic carbocycles. The van der Waals surface area contributed by atoms with Crippen molar-refractivity contribution in [3.8, 4) is 17.6 Å². The fourth-order valence-electron chi connectivity index (χ4n) is 1.81. The Hall–Kier alpha value is -3.13. The lowest BCUT2D eigenvalue weighted by Crippen LogP contribution is -2.04. The third-order valence-electron chi connectivity index (χ3n) is 2.88. The Morgan fingerprint density at radius 3 is 2.52 bits per heavy atom. The van der Waals surface area contributed by atoms with Crippen molar-refractivity contribution in [2.75, 3.05) is 6.61 Å². The Bertz CT molecular complexity index is 761. The number of rotatable bonds is 5. The van der Waals surface area contributed by atoms with Crippen molar-refractivity contribution in [2.24, 2.45) is 0 Å². The van der Waals surface area contributed by atoms with Gasteiger partial charge in [-0.3, -0.25) is 0 Å². The minimum Gasteiger partial charge on any atom is -0.494 e. The Kier molecular flexibility index (Phi) is 5.48. The lowest BCUT2D eigenvalue weighted by atomic mass is 10.2. The molecule has 0 unspecified atom stereocenters. The summed E-state index contributed by atoms with van der Waals surface area (Å²) in [5, 5.41) is 8.64. The highest BCUT2D eigenvalue weighted by atomic mass is 19.1. The van der Waals surface area contributed by atoms with Crippen molar-refractivity contribution in [1.29, 1.82) is 5.26 Å². The van der Waals surface area contributed by atoms with Gasteiger partial charge in [0.25, 0.3) is 0 Å². The lowest BCUT2D eigenvalue weighted by Gasteiger charge is -2.03. The molecule has 4 nitrogen and oxygen atoms in total. The first-order valence-corrected chi connectivity index (χ1v) is 6.94. The molecule has 0 amide bonds. The van der Waals surface area contributed by atoms with Gasteiger partial charge in [-0.15, -0.1) is 0 Å². The van der Waals surface area contributed by atoms with Gasteiger partial charge in [0.15, 0.2) is 0 Å². The van der Waals surface area contributed by atoms with E-state index in [2.05, 4.69) is 0 Å². The maximum absolute atomic E-state index is 13.4. The molecule has 0 spiro atoms. The van der Waals surface area contributed by atoms with Gasteiger partial charge >= 0.3 is 5.97 Å². The summed E-state index contributed by atoms with van der Waals surface area (Å²) in [6.07, 6.45) is 2.82.